The van der Waals surface area contributed by atoms with E-state index in [9.17, 15) is 10.1 Å². The molecule has 1 atom stereocenters. The molecule has 1 N–H and O–H groups in total. The topological polar surface area (TPSA) is 64.4 Å². The van der Waals surface area contributed by atoms with Gasteiger partial charge in [0.25, 0.3) is 5.69 Å². The van der Waals surface area contributed by atoms with Crippen LogP contribution in [0.15, 0.2) is 18.2 Å². The first-order chi connectivity index (χ1) is 9.16. The van der Waals surface area contributed by atoms with E-state index >= 15 is 0 Å². The van der Waals surface area contributed by atoms with Crippen LogP contribution in [0.4, 0.5) is 11.4 Å². The molecule has 0 aromatic heterocycles. The van der Waals surface area contributed by atoms with Crippen molar-refractivity contribution in [3.63, 3.8) is 0 Å². The molecule has 1 heterocycles. The highest BCUT2D eigenvalue weighted by molar-refractivity contribution is 14.1. The van der Waals surface area contributed by atoms with Crippen LogP contribution < -0.4 is 5.32 Å². The SMILES string of the molecule is O=[N+]([O-])c1ccc(NCCC2CCCCO2)c(I)c1. The van der Waals surface area contributed by atoms with E-state index in [0.717, 1.165) is 35.3 Å². The molecule has 0 saturated carbocycles. The Morgan fingerprint density at radius 2 is 2.32 bits per heavy atom. The van der Waals surface area contributed by atoms with Gasteiger partial charge in [0.05, 0.1) is 11.0 Å². The second-order valence-electron chi connectivity index (χ2n) is 4.63. The Kier molecular flexibility index (Phi) is 5.38. The molecule has 0 spiro atoms. The smallest absolute Gasteiger partial charge is 0.270 e. The lowest BCUT2D eigenvalue weighted by atomic mass is 10.1. The van der Waals surface area contributed by atoms with Crippen LogP contribution in [0.2, 0.25) is 0 Å². The molecule has 5 nitrogen and oxygen atoms in total. The van der Waals surface area contributed by atoms with Gasteiger partial charge in [0.15, 0.2) is 0 Å². The molecule has 2 rings (SSSR count). The minimum atomic E-state index is -0.373. The number of nitrogens with zero attached hydrogens (tertiary/aromatic N) is 1. The van der Waals surface area contributed by atoms with Crippen LogP contribution >= 0.6 is 22.6 Å². The molecule has 1 aromatic carbocycles. The summed E-state index contributed by atoms with van der Waals surface area (Å²) in [5.74, 6) is 0. The fourth-order valence-corrected chi connectivity index (χ4v) is 2.85. The Morgan fingerprint density at radius 3 is 2.95 bits per heavy atom. The molecule has 1 aromatic rings. The number of hydrogen-bond acceptors (Lipinski definition) is 4. The number of halogens is 1. The molecular weight excluding hydrogens is 359 g/mol. The summed E-state index contributed by atoms with van der Waals surface area (Å²) in [5, 5.41) is 14.0. The van der Waals surface area contributed by atoms with Gasteiger partial charge in [-0.05, 0) is 54.3 Å². The van der Waals surface area contributed by atoms with Gasteiger partial charge < -0.3 is 10.1 Å². The van der Waals surface area contributed by atoms with Crippen molar-refractivity contribution in [2.45, 2.75) is 31.8 Å². The molecule has 0 bridgehead atoms. The Labute approximate surface area is 126 Å². The predicted molar refractivity (Wildman–Crippen MR) is 82.5 cm³/mol. The molecule has 19 heavy (non-hydrogen) atoms. The van der Waals surface area contributed by atoms with Gasteiger partial charge in [0.2, 0.25) is 0 Å². The predicted octanol–water partition coefficient (Wildman–Crippen LogP) is 3.57. The van der Waals surface area contributed by atoms with Crippen LogP contribution in [0.1, 0.15) is 25.7 Å². The van der Waals surface area contributed by atoms with E-state index in [0.29, 0.717) is 6.10 Å². The van der Waals surface area contributed by atoms with Crippen LogP contribution in [-0.2, 0) is 4.74 Å². The second-order valence-corrected chi connectivity index (χ2v) is 5.79. The van der Waals surface area contributed by atoms with Crippen molar-refractivity contribution in [3.8, 4) is 0 Å². The largest absolute Gasteiger partial charge is 0.384 e. The van der Waals surface area contributed by atoms with Crippen molar-refractivity contribution < 1.29 is 9.66 Å². The Bertz CT molecular complexity index is 448. The number of rotatable bonds is 5. The molecule has 1 fully saturated rings. The van der Waals surface area contributed by atoms with E-state index in [1.54, 1.807) is 12.1 Å². The van der Waals surface area contributed by atoms with Gasteiger partial charge in [0.1, 0.15) is 0 Å². The highest BCUT2D eigenvalue weighted by Crippen LogP contribution is 2.24. The molecule has 1 aliphatic heterocycles. The summed E-state index contributed by atoms with van der Waals surface area (Å²) in [6, 6.07) is 4.88. The molecule has 1 saturated heterocycles. The molecule has 1 unspecified atom stereocenters. The highest BCUT2D eigenvalue weighted by Gasteiger charge is 2.14. The zero-order valence-electron chi connectivity index (χ0n) is 10.6. The third-order valence-electron chi connectivity index (χ3n) is 3.22. The van der Waals surface area contributed by atoms with Gasteiger partial charge in [-0.25, -0.2) is 0 Å². The first kappa shape index (κ1) is 14.5. The first-order valence-electron chi connectivity index (χ1n) is 6.46. The van der Waals surface area contributed by atoms with Gasteiger partial charge in [-0.1, -0.05) is 0 Å². The highest BCUT2D eigenvalue weighted by atomic mass is 127. The maximum atomic E-state index is 10.7. The number of hydrogen-bond donors (Lipinski definition) is 1. The lowest BCUT2D eigenvalue weighted by Crippen LogP contribution is -2.22. The second kappa shape index (κ2) is 7.04. The van der Waals surface area contributed by atoms with Crippen molar-refractivity contribution in [3.05, 3.63) is 31.9 Å². The normalized spacial score (nSPS) is 19.1. The number of non-ortho nitro benzene ring substituents is 1. The molecule has 0 aliphatic carbocycles. The Morgan fingerprint density at radius 1 is 1.47 bits per heavy atom. The molecule has 6 heteroatoms. The van der Waals surface area contributed by atoms with E-state index in [1.807, 2.05) is 0 Å². The third kappa shape index (κ3) is 4.31. The monoisotopic (exact) mass is 376 g/mol. The first-order valence-corrected chi connectivity index (χ1v) is 7.54. The van der Waals surface area contributed by atoms with E-state index in [4.69, 9.17) is 4.74 Å². The van der Waals surface area contributed by atoms with Crippen molar-refractivity contribution in [1.29, 1.82) is 0 Å². The van der Waals surface area contributed by atoms with Crippen LogP contribution in [0.25, 0.3) is 0 Å². The van der Waals surface area contributed by atoms with E-state index in [-0.39, 0.29) is 10.6 Å². The summed E-state index contributed by atoms with van der Waals surface area (Å²) in [7, 11) is 0. The van der Waals surface area contributed by atoms with E-state index in [1.165, 1.54) is 18.9 Å². The quantitative estimate of drug-likeness (QED) is 0.485. The number of nitro benzene ring substituents is 1. The maximum Gasteiger partial charge on any atom is 0.270 e. The molecule has 0 radical (unpaired) electrons. The van der Waals surface area contributed by atoms with Crippen LogP contribution in [-0.4, -0.2) is 24.2 Å². The number of nitro groups is 1. The van der Waals surface area contributed by atoms with Crippen LogP contribution in [0.5, 0.6) is 0 Å². The molecule has 104 valence electrons. The number of ether oxygens (including phenoxy) is 1. The summed E-state index contributed by atoms with van der Waals surface area (Å²) in [5.41, 5.74) is 1.08. The zero-order chi connectivity index (χ0) is 13.7. The molecule has 1 aliphatic rings. The minimum absolute atomic E-state index is 0.130. The van der Waals surface area contributed by atoms with Crippen LogP contribution in [0, 0.1) is 13.7 Å². The van der Waals surface area contributed by atoms with Crippen molar-refractivity contribution in [1.82, 2.24) is 0 Å². The summed E-state index contributed by atoms with van der Waals surface area (Å²) < 4.78 is 6.54. The molecule has 0 amide bonds. The van der Waals surface area contributed by atoms with Crippen molar-refractivity contribution in [2.75, 3.05) is 18.5 Å². The molecular formula is C13H17IN2O3. The lowest BCUT2D eigenvalue weighted by molar-refractivity contribution is -0.384. The fraction of sp³-hybridized carbons (Fsp3) is 0.538. The van der Waals surface area contributed by atoms with E-state index < -0.39 is 0 Å². The average Bonchev–Trinajstić information content (AvgIpc) is 2.41. The fourth-order valence-electron chi connectivity index (χ4n) is 2.16. The average molecular weight is 376 g/mol. The lowest BCUT2D eigenvalue weighted by Gasteiger charge is -2.22. The summed E-state index contributed by atoms with van der Waals surface area (Å²) in [6.07, 6.45) is 4.90. The minimum Gasteiger partial charge on any atom is -0.384 e. The van der Waals surface area contributed by atoms with Crippen LogP contribution in [0.3, 0.4) is 0 Å². The van der Waals surface area contributed by atoms with Gasteiger partial charge in [-0.3, -0.25) is 10.1 Å². The van der Waals surface area contributed by atoms with Gasteiger partial charge >= 0.3 is 0 Å². The third-order valence-corrected chi connectivity index (χ3v) is 4.11. The van der Waals surface area contributed by atoms with Gasteiger partial charge in [-0.15, -0.1) is 0 Å². The maximum absolute atomic E-state index is 10.7. The van der Waals surface area contributed by atoms with Gasteiger partial charge in [-0.2, -0.15) is 0 Å². The zero-order valence-corrected chi connectivity index (χ0v) is 12.8. The Balaban J connectivity index is 1.83. The number of benzene rings is 1. The number of anilines is 1. The van der Waals surface area contributed by atoms with E-state index in [2.05, 4.69) is 27.9 Å². The summed E-state index contributed by atoms with van der Waals surface area (Å²) >= 11 is 2.12. The Hall–Kier alpha value is -0.890. The standard InChI is InChI=1S/C13H17IN2O3/c14-12-9-10(16(17)18)4-5-13(12)15-7-6-11-3-1-2-8-19-11/h4-5,9,11,15H,1-3,6-8H2. The van der Waals surface area contributed by atoms with Gasteiger partial charge in [0, 0.05) is 34.5 Å². The summed E-state index contributed by atoms with van der Waals surface area (Å²) in [4.78, 5) is 10.3. The van der Waals surface area contributed by atoms with Crippen molar-refractivity contribution >= 4 is 34.0 Å². The summed E-state index contributed by atoms with van der Waals surface area (Å²) in [6.45, 7) is 1.71. The van der Waals surface area contributed by atoms with Crippen molar-refractivity contribution in [2.24, 2.45) is 0 Å². The number of nitrogens with one attached hydrogen (secondary N) is 1.